The van der Waals surface area contributed by atoms with E-state index in [-0.39, 0.29) is 40.0 Å². The van der Waals surface area contributed by atoms with Crippen LogP contribution in [0.3, 0.4) is 0 Å². The molecule has 0 aromatic heterocycles. The number of phenolic OH excluding ortho intramolecular Hbond substituents is 1. The van der Waals surface area contributed by atoms with Crippen molar-refractivity contribution < 1.29 is 24.5 Å². The van der Waals surface area contributed by atoms with E-state index in [1.807, 2.05) is 0 Å². The van der Waals surface area contributed by atoms with Crippen molar-refractivity contribution in [2.24, 2.45) is 51.2 Å². The summed E-state index contributed by atoms with van der Waals surface area (Å²) in [5.74, 6) is 1.46. The molecule has 9 unspecified atom stereocenters. The highest BCUT2D eigenvalue weighted by Gasteiger charge is 2.66. The molecule has 0 radical (unpaired) electrons. The lowest BCUT2D eigenvalue weighted by molar-refractivity contribution is -0.200. The van der Waals surface area contributed by atoms with Gasteiger partial charge < -0.3 is 14.9 Å². The van der Waals surface area contributed by atoms with Gasteiger partial charge in [0.15, 0.2) is 0 Å². The Morgan fingerprint density at radius 3 is 2.33 bits per heavy atom. The predicted molar refractivity (Wildman–Crippen MR) is 164 cm³/mol. The number of allylic oxidation sites excluding steroid dienone is 2. The molecule has 5 nitrogen and oxygen atoms in total. The lowest BCUT2D eigenvalue weighted by Crippen LogP contribution is -2.62. The van der Waals surface area contributed by atoms with Gasteiger partial charge >= 0.3 is 11.9 Å². The molecule has 9 atom stereocenters. The average Bonchev–Trinajstić information content (AvgIpc) is 2.93. The SMILES string of the molecule is CC1CCCC2(C(=O)O)CCC3C(=CCC4C3(C)CCC3C(C)(C)C(OC(=O)/C=C\c5ccc(O)cc5)CCC34C)C12. The molecule has 6 rings (SSSR count). The first-order valence-electron chi connectivity index (χ1n) is 16.4. The van der Waals surface area contributed by atoms with Gasteiger partial charge in [0, 0.05) is 11.5 Å². The van der Waals surface area contributed by atoms with E-state index in [9.17, 15) is 19.8 Å². The summed E-state index contributed by atoms with van der Waals surface area (Å²) in [5.41, 5.74) is 1.99. The van der Waals surface area contributed by atoms with Crippen molar-refractivity contribution in [3.05, 3.63) is 47.6 Å². The zero-order chi connectivity index (χ0) is 30.1. The number of hydrogen-bond acceptors (Lipinski definition) is 4. The molecule has 5 aliphatic carbocycles. The van der Waals surface area contributed by atoms with E-state index < -0.39 is 11.4 Å². The third-order valence-corrected chi connectivity index (χ3v) is 13.5. The first-order chi connectivity index (χ1) is 19.8. The van der Waals surface area contributed by atoms with Crippen LogP contribution in [-0.4, -0.2) is 28.3 Å². The van der Waals surface area contributed by atoms with Gasteiger partial charge in [-0.2, -0.15) is 0 Å². The third-order valence-electron chi connectivity index (χ3n) is 13.5. The van der Waals surface area contributed by atoms with Crippen LogP contribution in [0.1, 0.15) is 104 Å². The van der Waals surface area contributed by atoms with E-state index in [1.165, 1.54) is 11.6 Å². The van der Waals surface area contributed by atoms with Crippen LogP contribution in [0.15, 0.2) is 42.0 Å². The zero-order valence-corrected chi connectivity index (χ0v) is 26.2. The number of esters is 1. The van der Waals surface area contributed by atoms with Gasteiger partial charge in [-0.25, -0.2) is 4.79 Å². The van der Waals surface area contributed by atoms with Crippen LogP contribution < -0.4 is 0 Å². The largest absolute Gasteiger partial charge is 0.508 e. The lowest BCUT2D eigenvalue weighted by Gasteiger charge is -2.68. The maximum absolute atomic E-state index is 12.9. The number of phenols is 1. The molecule has 5 aliphatic rings. The Balaban J connectivity index is 1.23. The Morgan fingerprint density at radius 1 is 0.905 bits per heavy atom. The molecule has 5 heteroatoms. The van der Waals surface area contributed by atoms with Crippen molar-refractivity contribution in [1.82, 2.24) is 0 Å². The number of aromatic hydroxyl groups is 1. The molecule has 0 saturated heterocycles. The van der Waals surface area contributed by atoms with Crippen LogP contribution in [0.2, 0.25) is 0 Å². The molecule has 2 N–H and O–H groups in total. The lowest BCUT2D eigenvalue weighted by atomic mass is 9.37. The fourth-order valence-corrected chi connectivity index (χ4v) is 11.6. The minimum Gasteiger partial charge on any atom is -0.508 e. The van der Waals surface area contributed by atoms with Gasteiger partial charge in [0.25, 0.3) is 0 Å². The highest BCUT2D eigenvalue weighted by atomic mass is 16.5. The second kappa shape index (κ2) is 10.3. The van der Waals surface area contributed by atoms with Crippen molar-refractivity contribution in [3.8, 4) is 5.75 Å². The van der Waals surface area contributed by atoms with E-state index in [0.717, 1.165) is 69.8 Å². The fourth-order valence-electron chi connectivity index (χ4n) is 11.6. The van der Waals surface area contributed by atoms with Gasteiger partial charge in [-0.05, 0) is 116 Å². The Kier molecular flexibility index (Phi) is 7.21. The highest BCUT2D eigenvalue weighted by molar-refractivity contribution is 5.87. The Labute approximate surface area is 251 Å². The van der Waals surface area contributed by atoms with E-state index in [2.05, 4.69) is 40.7 Å². The van der Waals surface area contributed by atoms with Crippen molar-refractivity contribution >= 4 is 18.0 Å². The highest BCUT2D eigenvalue weighted by Crippen LogP contribution is 2.72. The predicted octanol–water partition coefficient (Wildman–Crippen LogP) is 8.42. The summed E-state index contributed by atoms with van der Waals surface area (Å²) in [5, 5.41) is 20.0. The molecule has 0 amide bonds. The van der Waals surface area contributed by atoms with Crippen molar-refractivity contribution in [2.75, 3.05) is 0 Å². The Morgan fingerprint density at radius 2 is 1.62 bits per heavy atom. The molecular formula is C37H50O5. The van der Waals surface area contributed by atoms with Crippen LogP contribution >= 0.6 is 0 Å². The number of hydrogen-bond donors (Lipinski definition) is 2. The Bertz CT molecular complexity index is 1290. The van der Waals surface area contributed by atoms with Gasteiger partial charge in [-0.1, -0.05) is 71.2 Å². The van der Waals surface area contributed by atoms with Gasteiger partial charge in [0.1, 0.15) is 11.9 Å². The summed E-state index contributed by atoms with van der Waals surface area (Å²) in [6.07, 6.45) is 15.8. The van der Waals surface area contributed by atoms with Crippen molar-refractivity contribution in [3.63, 3.8) is 0 Å². The van der Waals surface area contributed by atoms with Crippen LogP contribution in [0.4, 0.5) is 0 Å². The summed E-state index contributed by atoms with van der Waals surface area (Å²) >= 11 is 0. The molecule has 0 bridgehead atoms. The van der Waals surface area contributed by atoms with Gasteiger partial charge in [-0.3, -0.25) is 4.79 Å². The first-order valence-corrected chi connectivity index (χ1v) is 16.4. The second-order valence-corrected chi connectivity index (χ2v) is 15.7. The second-order valence-electron chi connectivity index (χ2n) is 15.7. The van der Waals surface area contributed by atoms with Gasteiger partial charge in [0.2, 0.25) is 0 Å². The van der Waals surface area contributed by atoms with Crippen molar-refractivity contribution in [2.45, 2.75) is 105 Å². The molecule has 0 heterocycles. The van der Waals surface area contributed by atoms with Crippen LogP contribution in [-0.2, 0) is 14.3 Å². The third kappa shape index (κ3) is 4.39. The van der Waals surface area contributed by atoms with Gasteiger partial charge in [0.05, 0.1) is 5.41 Å². The molecule has 1 aromatic carbocycles. The monoisotopic (exact) mass is 574 g/mol. The molecular weight excluding hydrogens is 524 g/mol. The standard InChI is InChI=1S/C37H50O5/c1-23-7-6-19-37(33(40)41)22-16-27-26(32(23)37)13-14-29-35(27,4)20-17-28-34(2,3)30(18-21-36(28,29)5)42-31(39)15-10-24-8-11-25(38)12-9-24/h8-13,15,23,27-30,32,38H,6-7,14,16-22H2,1-5H3,(H,40,41)/b15-10-. The minimum absolute atomic E-state index is 0.124. The van der Waals surface area contributed by atoms with Crippen LogP contribution in [0.25, 0.3) is 6.08 Å². The number of carboxylic acid groups (broad SMARTS) is 1. The number of aliphatic carboxylic acids is 1. The zero-order valence-electron chi connectivity index (χ0n) is 26.2. The van der Waals surface area contributed by atoms with E-state index in [4.69, 9.17) is 4.74 Å². The quantitative estimate of drug-likeness (QED) is 0.214. The average molecular weight is 575 g/mol. The molecule has 4 fully saturated rings. The molecule has 228 valence electrons. The number of benzene rings is 1. The van der Waals surface area contributed by atoms with Crippen LogP contribution in [0, 0.1) is 51.2 Å². The first kappa shape index (κ1) is 29.5. The summed E-state index contributed by atoms with van der Waals surface area (Å²) in [6.45, 7) is 12.0. The topological polar surface area (TPSA) is 83.8 Å². The summed E-state index contributed by atoms with van der Waals surface area (Å²) in [7, 11) is 0. The number of carbonyl (C=O) groups is 2. The number of carboxylic acids is 1. The molecule has 4 saturated carbocycles. The van der Waals surface area contributed by atoms with Crippen LogP contribution in [0.5, 0.6) is 5.75 Å². The molecule has 42 heavy (non-hydrogen) atoms. The summed E-state index contributed by atoms with van der Waals surface area (Å²) < 4.78 is 6.15. The molecule has 0 aliphatic heterocycles. The fraction of sp³-hybridized carbons (Fsp3) is 0.676. The number of ether oxygens (including phenoxy) is 1. The number of fused-ring (bicyclic) bond motifs is 7. The minimum atomic E-state index is -0.565. The van der Waals surface area contributed by atoms with E-state index in [1.54, 1.807) is 30.3 Å². The molecule has 0 spiro atoms. The number of rotatable bonds is 4. The normalized spacial score (nSPS) is 42.4. The maximum atomic E-state index is 12.9. The van der Waals surface area contributed by atoms with E-state index >= 15 is 0 Å². The smallest absolute Gasteiger partial charge is 0.331 e. The number of carbonyl (C=O) groups excluding carboxylic acids is 1. The Hall–Kier alpha value is -2.56. The van der Waals surface area contributed by atoms with Crippen molar-refractivity contribution in [1.29, 1.82) is 0 Å². The van der Waals surface area contributed by atoms with Gasteiger partial charge in [-0.15, -0.1) is 0 Å². The molecule has 1 aromatic rings. The summed E-state index contributed by atoms with van der Waals surface area (Å²) in [4.78, 5) is 25.7. The summed E-state index contributed by atoms with van der Waals surface area (Å²) in [6, 6.07) is 6.78. The maximum Gasteiger partial charge on any atom is 0.331 e. The van der Waals surface area contributed by atoms with E-state index in [0.29, 0.717) is 23.7 Å².